The van der Waals surface area contributed by atoms with Crippen molar-refractivity contribution in [3.63, 3.8) is 0 Å². The highest BCUT2D eigenvalue weighted by molar-refractivity contribution is 7.99. The first-order valence-corrected chi connectivity index (χ1v) is 7.17. The maximum absolute atomic E-state index is 4.49. The first-order valence-electron chi connectivity index (χ1n) is 5.55. The number of hydrogen-bond donors (Lipinski definition) is 1. The quantitative estimate of drug-likeness (QED) is 0.606. The Bertz CT molecular complexity index is 324. The molecule has 0 saturated heterocycles. The van der Waals surface area contributed by atoms with Gasteiger partial charge in [0.2, 0.25) is 0 Å². The van der Waals surface area contributed by atoms with Gasteiger partial charge in [0.25, 0.3) is 0 Å². The second-order valence-electron chi connectivity index (χ2n) is 4.57. The number of benzene rings is 1. The van der Waals surface area contributed by atoms with E-state index in [1.165, 1.54) is 35.5 Å². The van der Waals surface area contributed by atoms with E-state index in [2.05, 4.69) is 43.8 Å². The van der Waals surface area contributed by atoms with Gasteiger partial charge in [-0.3, -0.25) is 0 Å². The third-order valence-electron chi connectivity index (χ3n) is 3.38. The van der Waals surface area contributed by atoms with Crippen LogP contribution in [-0.2, 0) is 0 Å². The van der Waals surface area contributed by atoms with Gasteiger partial charge in [0.15, 0.2) is 0 Å². The lowest BCUT2D eigenvalue weighted by Gasteiger charge is -2.40. The van der Waals surface area contributed by atoms with E-state index in [1.807, 2.05) is 11.8 Å². The number of thioether (sulfide) groups is 1. The summed E-state index contributed by atoms with van der Waals surface area (Å²) in [5.74, 6) is 2.28. The van der Waals surface area contributed by atoms with E-state index in [0.717, 1.165) is 5.75 Å². The van der Waals surface area contributed by atoms with E-state index in [4.69, 9.17) is 0 Å². The molecular formula is C13H18S2. The van der Waals surface area contributed by atoms with Crippen molar-refractivity contribution in [3.05, 3.63) is 29.8 Å². The van der Waals surface area contributed by atoms with Crippen LogP contribution in [0.25, 0.3) is 0 Å². The molecule has 1 saturated carbocycles. The van der Waals surface area contributed by atoms with Gasteiger partial charge in [-0.15, -0.1) is 11.8 Å². The number of hydrogen-bond acceptors (Lipinski definition) is 2. The first-order chi connectivity index (χ1) is 7.26. The standard InChI is InChI=1S/C13H18S2/c1-11-5-2-3-6-12(11)15-10-13(9-14)7-4-8-13/h2-3,5-6,14H,4,7-10H2,1H3. The van der Waals surface area contributed by atoms with Crippen LogP contribution >= 0.6 is 24.4 Å². The van der Waals surface area contributed by atoms with Gasteiger partial charge >= 0.3 is 0 Å². The monoisotopic (exact) mass is 238 g/mol. The lowest BCUT2D eigenvalue weighted by Crippen LogP contribution is -2.33. The fourth-order valence-corrected chi connectivity index (χ4v) is 3.88. The van der Waals surface area contributed by atoms with Crippen molar-refractivity contribution in [2.24, 2.45) is 5.41 Å². The third kappa shape index (κ3) is 2.54. The molecule has 0 unspecified atom stereocenters. The summed E-state index contributed by atoms with van der Waals surface area (Å²) < 4.78 is 0. The van der Waals surface area contributed by atoms with E-state index in [0.29, 0.717) is 5.41 Å². The summed E-state index contributed by atoms with van der Waals surface area (Å²) in [6, 6.07) is 8.65. The molecule has 0 bridgehead atoms. The van der Waals surface area contributed by atoms with E-state index in [-0.39, 0.29) is 0 Å². The Kier molecular flexibility index (Phi) is 3.68. The number of rotatable bonds is 4. The van der Waals surface area contributed by atoms with Gasteiger partial charge in [-0.05, 0) is 42.6 Å². The molecule has 0 heterocycles. The summed E-state index contributed by atoms with van der Waals surface area (Å²) in [6.07, 6.45) is 4.14. The lowest BCUT2D eigenvalue weighted by atomic mass is 9.72. The molecule has 2 heteroatoms. The highest BCUT2D eigenvalue weighted by atomic mass is 32.2. The van der Waals surface area contributed by atoms with Crippen LogP contribution in [0.15, 0.2) is 29.2 Å². The molecule has 2 rings (SSSR count). The van der Waals surface area contributed by atoms with Crippen LogP contribution in [-0.4, -0.2) is 11.5 Å². The van der Waals surface area contributed by atoms with Gasteiger partial charge in [0.05, 0.1) is 0 Å². The average Bonchev–Trinajstić information content (AvgIpc) is 2.19. The second kappa shape index (κ2) is 4.84. The molecule has 1 aliphatic rings. The summed E-state index contributed by atoms with van der Waals surface area (Å²) in [7, 11) is 0. The summed E-state index contributed by atoms with van der Waals surface area (Å²) in [5.41, 5.74) is 1.94. The summed E-state index contributed by atoms with van der Waals surface area (Å²) in [5, 5.41) is 0. The molecule has 1 aromatic carbocycles. The van der Waals surface area contributed by atoms with Crippen LogP contribution < -0.4 is 0 Å². The zero-order chi connectivity index (χ0) is 10.7. The van der Waals surface area contributed by atoms with Crippen molar-refractivity contribution in [1.29, 1.82) is 0 Å². The summed E-state index contributed by atoms with van der Waals surface area (Å²) >= 11 is 6.50. The molecule has 1 aliphatic carbocycles. The predicted molar refractivity (Wildman–Crippen MR) is 72.0 cm³/mol. The Morgan fingerprint density at radius 2 is 2.07 bits per heavy atom. The second-order valence-corrected chi connectivity index (χ2v) is 5.90. The Morgan fingerprint density at radius 3 is 2.60 bits per heavy atom. The molecule has 0 radical (unpaired) electrons. The molecule has 0 aromatic heterocycles. The Labute approximate surface area is 102 Å². The van der Waals surface area contributed by atoms with Gasteiger partial charge in [-0.25, -0.2) is 0 Å². The van der Waals surface area contributed by atoms with Crippen LogP contribution in [0.3, 0.4) is 0 Å². The van der Waals surface area contributed by atoms with Crippen molar-refractivity contribution >= 4 is 24.4 Å². The number of aryl methyl sites for hydroxylation is 1. The van der Waals surface area contributed by atoms with Gasteiger partial charge in [-0.2, -0.15) is 12.6 Å². The van der Waals surface area contributed by atoms with Crippen LogP contribution in [0.1, 0.15) is 24.8 Å². The maximum Gasteiger partial charge on any atom is 0.0101 e. The predicted octanol–water partition coefficient (Wildman–Crippen LogP) is 4.19. The molecular weight excluding hydrogens is 220 g/mol. The van der Waals surface area contributed by atoms with Crippen LogP contribution in [0.4, 0.5) is 0 Å². The molecule has 15 heavy (non-hydrogen) atoms. The third-order valence-corrected chi connectivity index (χ3v) is 5.57. The Balaban J connectivity index is 1.95. The molecule has 82 valence electrons. The highest BCUT2D eigenvalue weighted by Gasteiger charge is 2.35. The minimum Gasteiger partial charge on any atom is -0.179 e. The highest BCUT2D eigenvalue weighted by Crippen LogP contribution is 2.45. The van der Waals surface area contributed by atoms with Gasteiger partial charge in [-0.1, -0.05) is 24.6 Å². The average molecular weight is 238 g/mol. The topological polar surface area (TPSA) is 0 Å². The first kappa shape index (κ1) is 11.4. The molecule has 0 atom stereocenters. The molecule has 1 aromatic rings. The normalized spacial score (nSPS) is 18.5. The fraction of sp³-hybridized carbons (Fsp3) is 0.538. The largest absolute Gasteiger partial charge is 0.179 e. The van der Waals surface area contributed by atoms with Crippen molar-refractivity contribution < 1.29 is 0 Å². The van der Waals surface area contributed by atoms with Crippen LogP contribution in [0.5, 0.6) is 0 Å². The SMILES string of the molecule is Cc1ccccc1SCC1(CS)CCC1. The molecule has 0 aliphatic heterocycles. The van der Waals surface area contributed by atoms with E-state index < -0.39 is 0 Å². The van der Waals surface area contributed by atoms with Crippen molar-refractivity contribution in [1.82, 2.24) is 0 Å². The fourth-order valence-electron chi connectivity index (χ4n) is 1.97. The minimum atomic E-state index is 0.538. The Hall–Kier alpha value is -0.0800. The number of thiol groups is 1. The molecule has 1 fully saturated rings. The maximum atomic E-state index is 4.49. The zero-order valence-electron chi connectivity index (χ0n) is 9.20. The van der Waals surface area contributed by atoms with E-state index >= 15 is 0 Å². The van der Waals surface area contributed by atoms with Gasteiger partial charge in [0, 0.05) is 10.6 Å². The van der Waals surface area contributed by atoms with Crippen molar-refractivity contribution in [2.75, 3.05) is 11.5 Å². The lowest BCUT2D eigenvalue weighted by molar-refractivity contribution is 0.205. The Morgan fingerprint density at radius 1 is 1.33 bits per heavy atom. The molecule has 0 nitrogen and oxygen atoms in total. The van der Waals surface area contributed by atoms with E-state index in [1.54, 1.807) is 0 Å². The van der Waals surface area contributed by atoms with Gasteiger partial charge < -0.3 is 0 Å². The molecule has 0 N–H and O–H groups in total. The van der Waals surface area contributed by atoms with Crippen LogP contribution in [0.2, 0.25) is 0 Å². The molecule has 0 amide bonds. The van der Waals surface area contributed by atoms with E-state index in [9.17, 15) is 0 Å². The van der Waals surface area contributed by atoms with Gasteiger partial charge in [0.1, 0.15) is 0 Å². The van der Waals surface area contributed by atoms with Crippen molar-refractivity contribution in [2.45, 2.75) is 31.1 Å². The smallest absolute Gasteiger partial charge is 0.0101 e. The molecule has 0 spiro atoms. The van der Waals surface area contributed by atoms with Crippen LogP contribution in [0, 0.1) is 12.3 Å². The summed E-state index contributed by atoms with van der Waals surface area (Å²) in [4.78, 5) is 1.44. The van der Waals surface area contributed by atoms with Crippen molar-refractivity contribution in [3.8, 4) is 0 Å². The zero-order valence-corrected chi connectivity index (χ0v) is 10.9. The minimum absolute atomic E-state index is 0.538. The summed E-state index contributed by atoms with van der Waals surface area (Å²) in [6.45, 7) is 2.19.